The summed E-state index contributed by atoms with van der Waals surface area (Å²) in [4.78, 5) is 50.9. The summed E-state index contributed by atoms with van der Waals surface area (Å²) >= 11 is 0. The summed E-state index contributed by atoms with van der Waals surface area (Å²) in [6.45, 7) is 9.24. The van der Waals surface area contributed by atoms with Crippen LogP contribution in [0.5, 0.6) is 0 Å². The summed E-state index contributed by atoms with van der Waals surface area (Å²) in [5, 5.41) is 2.72. The Morgan fingerprint density at radius 2 is 1.93 bits per heavy atom. The Morgan fingerprint density at radius 3 is 2.46 bits per heavy atom. The third-order valence-electron chi connectivity index (χ3n) is 4.90. The summed E-state index contributed by atoms with van der Waals surface area (Å²) in [5.74, 6) is -1.67. The maximum atomic E-state index is 13.0. The van der Waals surface area contributed by atoms with Gasteiger partial charge in [-0.15, -0.1) is 0 Å². The van der Waals surface area contributed by atoms with Crippen molar-refractivity contribution in [3.05, 3.63) is 0 Å². The lowest BCUT2D eigenvalue weighted by atomic mass is 9.80. The molecule has 1 aliphatic heterocycles. The summed E-state index contributed by atoms with van der Waals surface area (Å²) in [7, 11) is 1.20. The zero-order chi connectivity index (χ0) is 21.3. The highest BCUT2D eigenvalue weighted by molar-refractivity contribution is 6.10. The van der Waals surface area contributed by atoms with E-state index in [1.54, 1.807) is 20.8 Å². The Balaban J connectivity index is 2.14. The maximum Gasteiger partial charge on any atom is 0.416 e. The maximum absolute atomic E-state index is 13.0. The molecular formula is C19H30N2O7. The number of esters is 1. The molecule has 0 aromatic carbocycles. The van der Waals surface area contributed by atoms with Gasteiger partial charge in [-0.3, -0.25) is 9.59 Å². The number of amides is 3. The molecule has 1 heterocycles. The molecule has 0 spiro atoms. The topological polar surface area (TPSA) is 111 Å². The number of nitrogens with zero attached hydrogens (tertiary/aromatic N) is 1. The minimum Gasteiger partial charge on any atom is -0.468 e. The van der Waals surface area contributed by atoms with E-state index in [0.717, 1.165) is 4.90 Å². The van der Waals surface area contributed by atoms with Gasteiger partial charge in [0.05, 0.1) is 13.7 Å². The van der Waals surface area contributed by atoms with Crippen molar-refractivity contribution < 1.29 is 33.4 Å². The molecule has 0 bridgehead atoms. The van der Waals surface area contributed by atoms with Gasteiger partial charge in [-0.25, -0.2) is 14.5 Å². The molecule has 1 saturated carbocycles. The molecular weight excluding hydrogens is 368 g/mol. The fraction of sp³-hybridized carbons (Fsp3) is 0.789. The van der Waals surface area contributed by atoms with Gasteiger partial charge in [-0.1, -0.05) is 13.8 Å². The van der Waals surface area contributed by atoms with E-state index in [0.29, 0.717) is 6.42 Å². The van der Waals surface area contributed by atoms with E-state index >= 15 is 0 Å². The van der Waals surface area contributed by atoms with E-state index in [4.69, 9.17) is 14.2 Å². The molecule has 9 nitrogen and oxygen atoms in total. The van der Waals surface area contributed by atoms with Gasteiger partial charge < -0.3 is 19.5 Å². The third kappa shape index (κ3) is 4.39. The number of hydrogen-bond donors (Lipinski definition) is 1. The van der Waals surface area contributed by atoms with E-state index < -0.39 is 47.0 Å². The van der Waals surface area contributed by atoms with Crippen LogP contribution in [0, 0.1) is 17.3 Å². The number of imide groups is 1. The lowest BCUT2D eigenvalue weighted by molar-refractivity contribution is -0.159. The predicted octanol–water partition coefficient (Wildman–Crippen LogP) is 2.08. The molecule has 3 amide bonds. The highest BCUT2D eigenvalue weighted by atomic mass is 16.6. The molecule has 3 atom stereocenters. The molecule has 2 aliphatic rings. The van der Waals surface area contributed by atoms with Gasteiger partial charge in [0.2, 0.25) is 5.91 Å². The van der Waals surface area contributed by atoms with Crippen LogP contribution >= 0.6 is 0 Å². The van der Waals surface area contributed by atoms with E-state index in [1.165, 1.54) is 7.11 Å². The monoisotopic (exact) mass is 398 g/mol. The van der Waals surface area contributed by atoms with Crippen LogP contribution < -0.4 is 5.32 Å². The van der Waals surface area contributed by atoms with E-state index in [-0.39, 0.29) is 25.5 Å². The standard InChI is InChI=1S/C19H30N2O7/c1-11(2)10-27-17(25)21-9-12-7-13(20-16(24)28-18(3,4)5)8-19(12,14(21)22)15(23)26-6/h11-13H,7-10H2,1-6H3,(H,20,24). The largest absolute Gasteiger partial charge is 0.468 e. The van der Waals surface area contributed by atoms with Gasteiger partial charge in [-0.2, -0.15) is 0 Å². The van der Waals surface area contributed by atoms with Crippen molar-refractivity contribution in [1.29, 1.82) is 0 Å². The van der Waals surface area contributed by atoms with Crippen molar-refractivity contribution in [2.45, 2.75) is 59.1 Å². The van der Waals surface area contributed by atoms with Gasteiger partial charge in [-0.05, 0) is 39.5 Å². The number of fused-ring (bicyclic) bond motifs is 1. The van der Waals surface area contributed by atoms with Crippen molar-refractivity contribution >= 4 is 24.1 Å². The molecule has 1 saturated heterocycles. The Kier molecular flexibility index (Phi) is 6.25. The van der Waals surface area contributed by atoms with E-state index in [2.05, 4.69) is 5.32 Å². The predicted molar refractivity (Wildman–Crippen MR) is 98.2 cm³/mol. The van der Waals surface area contributed by atoms with Crippen LogP contribution in [-0.4, -0.2) is 60.9 Å². The fourth-order valence-corrected chi connectivity index (χ4v) is 3.80. The molecule has 0 aromatic heterocycles. The number of methoxy groups -OCH3 is 1. The normalized spacial score (nSPS) is 26.8. The minimum atomic E-state index is -1.49. The zero-order valence-electron chi connectivity index (χ0n) is 17.4. The van der Waals surface area contributed by atoms with Gasteiger partial charge in [0, 0.05) is 18.5 Å². The van der Waals surface area contributed by atoms with Gasteiger partial charge >= 0.3 is 18.2 Å². The molecule has 3 unspecified atom stereocenters. The lowest BCUT2D eigenvalue weighted by Crippen LogP contribution is -2.46. The quantitative estimate of drug-likeness (QED) is 0.438. The lowest BCUT2D eigenvalue weighted by Gasteiger charge is -2.25. The number of likely N-dealkylation sites (tertiary alicyclic amines) is 1. The van der Waals surface area contributed by atoms with Gasteiger partial charge in [0.15, 0.2) is 5.41 Å². The van der Waals surface area contributed by atoms with Crippen LogP contribution in [0.1, 0.15) is 47.5 Å². The van der Waals surface area contributed by atoms with Crippen molar-refractivity contribution in [3.63, 3.8) is 0 Å². The summed E-state index contributed by atoms with van der Waals surface area (Å²) < 4.78 is 15.3. The Morgan fingerprint density at radius 1 is 1.29 bits per heavy atom. The Labute approximate surface area is 165 Å². The molecule has 1 N–H and O–H groups in total. The molecule has 2 fully saturated rings. The minimum absolute atomic E-state index is 0.0520. The van der Waals surface area contributed by atoms with Crippen molar-refractivity contribution in [2.75, 3.05) is 20.3 Å². The first-order valence-electron chi connectivity index (χ1n) is 9.47. The number of carbonyl (C=O) groups is 4. The van der Waals surface area contributed by atoms with Crippen LogP contribution in [0.2, 0.25) is 0 Å². The molecule has 158 valence electrons. The summed E-state index contributed by atoms with van der Waals surface area (Å²) in [5.41, 5.74) is -2.16. The smallest absolute Gasteiger partial charge is 0.416 e. The molecule has 2 rings (SSSR count). The Bertz CT molecular complexity index is 655. The number of hydrogen-bond acceptors (Lipinski definition) is 7. The van der Waals surface area contributed by atoms with E-state index in [9.17, 15) is 19.2 Å². The van der Waals surface area contributed by atoms with E-state index in [1.807, 2.05) is 13.8 Å². The molecule has 28 heavy (non-hydrogen) atoms. The highest BCUT2D eigenvalue weighted by Crippen LogP contribution is 2.50. The molecule has 0 radical (unpaired) electrons. The first kappa shape index (κ1) is 22.0. The van der Waals surface area contributed by atoms with Crippen LogP contribution in [0.4, 0.5) is 9.59 Å². The second-order valence-electron chi connectivity index (χ2n) is 8.83. The van der Waals surface area contributed by atoms with Crippen LogP contribution in [0.25, 0.3) is 0 Å². The number of alkyl carbamates (subject to hydrolysis) is 1. The average Bonchev–Trinajstić information content (AvgIpc) is 3.04. The first-order valence-corrected chi connectivity index (χ1v) is 9.47. The van der Waals surface area contributed by atoms with Crippen molar-refractivity contribution in [3.8, 4) is 0 Å². The molecule has 1 aliphatic carbocycles. The molecule has 9 heteroatoms. The van der Waals surface area contributed by atoms with Gasteiger partial charge in [0.1, 0.15) is 5.60 Å². The van der Waals surface area contributed by atoms with Gasteiger partial charge in [0.25, 0.3) is 0 Å². The SMILES string of the molecule is COC(=O)C12CC(NC(=O)OC(C)(C)C)CC1CN(C(=O)OCC(C)C)C2=O. The average molecular weight is 398 g/mol. The third-order valence-corrected chi connectivity index (χ3v) is 4.90. The number of rotatable bonds is 4. The fourth-order valence-electron chi connectivity index (χ4n) is 3.80. The number of ether oxygens (including phenoxy) is 3. The van der Waals surface area contributed by atoms with Crippen molar-refractivity contribution in [2.24, 2.45) is 17.3 Å². The second-order valence-corrected chi connectivity index (χ2v) is 8.83. The highest BCUT2D eigenvalue weighted by Gasteiger charge is 2.66. The zero-order valence-corrected chi connectivity index (χ0v) is 17.4. The van der Waals surface area contributed by atoms with Crippen LogP contribution in [0.3, 0.4) is 0 Å². The van der Waals surface area contributed by atoms with Crippen LogP contribution in [-0.2, 0) is 23.8 Å². The molecule has 0 aromatic rings. The summed E-state index contributed by atoms with van der Waals surface area (Å²) in [6, 6.07) is -0.434. The number of nitrogens with one attached hydrogen (secondary N) is 1. The van der Waals surface area contributed by atoms with Crippen molar-refractivity contribution in [1.82, 2.24) is 10.2 Å². The Hall–Kier alpha value is -2.32. The second kappa shape index (κ2) is 7.97. The number of carbonyl (C=O) groups excluding carboxylic acids is 4. The van der Waals surface area contributed by atoms with Crippen LogP contribution in [0.15, 0.2) is 0 Å². The summed E-state index contributed by atoms with van der Waals surface area (Å²) in [6.07, 6.45) is -0.962. The first-order chi connectivity index (χ1) is 12.9.